The summed E-state index contributed by atoms with van der Waals surface area (Å²) in [5.41, 5.74) is 0.0906. The minimum Gasteiger partial charge on any atom is -0.338 e. The van der Waals surface area contributed by atoms with Crippen LogP contribution < -0.4 is 5.32 Å². The lowest BCUT2D eigenvalue weighted by Gasteiger charge is -2.32. The molecule has 10 heteroatoms. The number of carbonyl (C=O) groups excluding carboxylic acids is 2. The van der Waals surface area contributed by atoms with Gasteiger partial charge in [0.05, 0.1) is 15.7 Å². The Bertz CT molecular complexity index is 1080. The van der Waals surface area contributed by atoms with E-state index in [0.717, 1.165) is 24.5 Å². The van der Waals surface area contributed by atoms with E-state index >= 15 is 0 Å². The number of hydrogen-bond donors (Lipinski definition) is 1. The van der Waals surface area contributed by atoms with E-state index in [2.05, 4.69) is 5.32 Å². The number of piperidine rings is 1. The number of para-hydroxylation sites is 1. The molecule has 0 saturated carbocycles. The molecule has 3 rings (SSSR count). The molecule has 2 aromatic carbocycles. The Morgan fingerprint density at radius 1 is 1.17 bits per heavy atom. The van der Waals surface area contributed by atoms with Crippen molar-refractivity contribution in [2.45, 2.75) is 17.7 Å². The van der Waals surface area contributed by atoms with Crippen LogP contribution in [0.5, 0.6) is 0 Å². The number of amides is 2. The van der Waals surface area contributed by atoms with Crippen LogP contribution in [0.3, 0.4) is 0 Å². The Hall–Kier alpha value is -3.27. The number of likely N-dealkylation sites (tertiary alicyclic amines) is 1. The molecular formula is C20H21N3O6S. The van der Waals surface area contributed by atoms with E-state index < -0.39 is 32.3 Å². The molecule has 1 saturated heterocycles. The summed E-state index contributed by atoms with van der Waals surface area (Å²) in [6.07, 6.45) is 2.11. The van der Waals surface area contributed by atoms with Gasteiger partial charge in [-0.1, -0.05) is 18.2 Å². The van der Waals surface area contributed by atoms with Gasteiger partial charge < -0.3 is 10.2 Å². The van der Waals surface area contributed by atoms with Gasteiger partial charge in [-0.2, -0.15) is 0 Å². The van der Waals surface area contributed by atoms with Crippen molar-refractivity contribution in [2.24, 2.45) is 5.92 Å². The Balaban J connectivity index is 1.80. The van der Waals surface area contributed by atoms with Gasteiger partial charge in [-0.3, -0.25) is 19.7 Å². The number of nitro benzene ring substituents is 1. The molecule has 1 aliphatic rings. The number of non-ortho nitro benzene ring substituents is 1. The summed E-state index contributed by atoms with van der Waals surface area (Å²) in [6.45, 7) is 0.527. The minimum atomic E-state index is -3.74. The standard InChI is InChI=1S/C20H21N3O6S/c1-30(28,29)18-11-15(10-17(12-18)23(26)27)20(25)22-9-5-6-14(13-22)19(24)21-16-7-3-2-4-8-16/h2-4,7-8,10-12,14H,5-6,9,13H2,1H3,(H,21,24). The Morgan fingerprint density at radius 3 is 2.50 bits per heavy atom. The highest BCUT2D eigenvalue weighted by Gasteiger charge is 2.30. The molecule has 0 aliphatic carbocycles. The quantitative estimate of drug-likeness (QED) is 0.572. The van der Waals surface area contributed by atoms with Crippen molar-refractivity contribution in [1.29, 1.82) is 0 Å². The first-order valence-electron chi connectivity index (χ1n) is 9.30. The molecule has 1 fully saturated rings. The van der Waals surface area contributed by atoms with Crippen molar-refractivity contribution in [2.75, 3.05) is 24.7 Å². The summed E-state index contributed by atoms with van der Waals surface area (Å²) >= 11 is 0. The van der Waals surface area contributed by atoms with Gasteiger partial charge in [0.25, 0.3) is 11.6 Å². The van der Waals surface area contributed by atoms with E-state index in [0.29, 0.717) is 25.1 Å². The fourth-order valence-electron chi connectivity index (χ4n) is 3.35. The van der Waals surface area contributed by atoms with Gasteiger partial charge in [0.1, 0.15) is 0 Å². The highest BCUT2D eigenvalue weighted by molar-refractivity contribution is 7.90. The topological polar surface area (TPSA) is 127 Å². The van der Waals surface area contributed by atoms with Crippen LogP contribution in [0.25, 0.3) is 0 Å². The number of rotatable bonds is 5. The lowest BCUT2D eigenvalue weighted by atomic mass is 9.96. The Morgan fingerprint density at radius 2 is 1.87 bits per heavy atom. The minimum absolute atomic E-state index is 0.0891. The molecule has 1 atom stereocenters. The third kappa shape index (κ3) is 5.01. The summed E-state index contributed by atoms with van der Waals surface area (Å²) in [4.78, 5) is 37.1. The third-order valence-electron chi connectivity index (χ3n) is 4.90. The number of carbonyl (C=O) groups is 2. The molecule has 1 heterocycles. The third-order valence-corrected chi connectivity index (χ3v) is 5.99. The second kappa shape index (κ2) is 8.62. The van der Waals surface area contributed by atoms with Crippen LogP contribution >= 0.6 is 0 Å². The first kappa shape index (κ1) is 21.4. The number of nitro groups is 1. The van der Waals surface area contributed by atoms with Crippen molar-refractivity contribution in [3.05, 3.63) is 64.2 Å². The monoisotopic (exact) mass is 431 g/mol. The average Bonchev–Trinajstić information content (AvgIpc) is 2.73. The number of anilines is 1. The van der Waals surface area contributed by atoms with E-state index in [-0.39, 0.29) is 22.9 Å². The van der Waals surface area contributed by atoms with Crippen LogP contribution in [0, 0.1) is 16.0 Å². The van der Waals surface area contributed by atoms with E-state index in [4.69, 9.17) is 0 Å². The maximum absolute atomic E-state index is 13.0. The van der Waals surface area contributed by atoms with Crippen LogP contribution in [0.4, 0.5) is 11.4 Å². The smallest absolute Gasteiger partial charge is 0.271 e. The maximum atomic E-state index is 13.0. The van der Waals surface area contributed by atoms with Gasteiger partial charge in [0.2, 0.25) is 5.91 Å². The number of hydrogen-bond acceptors (Lipinski definition) is 6. The molecule has 30 heavy (non-hydrogen) atoms. The van der Waals surface area contributed by atoms with Gasteiger partial charge in [0.15, 0.2) is 9.84 Å². The molecule has 0 bridgehead atoms. The number of nitrogens with one attached hydrogen (secondary N) is 1. The number of sulfone groups is 1. The summed E-state index contributed by atoms with van der Waals surface area (Å²) in [7, 11) is -3.74. The van der Waals surface area contributed by atoms with Crippen LogP contribution in [-0.4, -0.2) is 49.4 Å². The summed E-state index contributed by atoms with van der Waals surface area (Å²) < 4.78 is 23.7. The van der Waals surface area contributed by atoms with Gasteiger partial charge in [-0.15, -0.1) is 0 Å². The van der Waals surface area contributed by atoms with E-state index in [1.165, 1.54) is 4.90 Å². The fraction of sp³-hybridized carbons (Fsp3) is 0.300. The zero-order valence-corrected chi connectivity index (χ0v) is 17.1. The van der Waals surface area contributed by atoms with E-state index in [9.17, 15) is 28.1 Å². The van der Waals surface area contributed by atoms with Gasteiger partial charge >= 0.3 is 0 Å². The molecule has 158 valence electrons. The zero-order chi connectivity index (χ0) is 21.9. The van der Waals surface area contributed by atoms with E-state index in [1.54, 1.807) is 24.3 Å². The molecule has 0 aromatic heterocycles. The predicted molar refractivity (Wildman–Crippen MR) is 110 cm³/mol. The second-order valence-corrected chi connectivity index (χ2v) is 9.21. The number of nitrogens with zero attached hydrogens (tertiary/aromatic N) is 2. The zero-order valence-electron chi connectivity index (χ0n) is 16.3. The van der Waals surface area contributed by atoms with Gasteiger partial charge in [-0.25, -0.2) is 8.42 Å². The van der Waals surface area contributed by atoms with Crippen LogP contribution in [0.1, 0.15) is 23.2 Å². The average molecular weight is 431 g/mol. The largest absolute Gasteiger partial charge is 0.338 e. The molecule has 0 spiro atoms. The maximum Gasteiger partial charge on any atom is 0.271 e. The Kier molecular flexibility index (Phi) is 6.16. The first-order valence-corrected chi connectivity index (χ1v) is 11.2. The lowest BCUT2D eigenvalue weighted by Crippen LogP contribution is -2.43. The van der Waals surface area contributed by atoms with Crippen LogP contribution in [-0.2, 0) is 14.6 Å². The number of benzene rings is 2. The molecule has 1 aliphatic heterocycles. The predicted octanol–water partition coefficient (Wildman–Crippen LogP) is 2.49. The van der Waals surface area contributed by atoms with Crippen molar-refractivity contribution >= 4 is 33.0 Å². The highest BCUT2D eigenvalue weighted by atomic mass is 32.2. The molecule has 2 amide bonds. The molecule has 1 N–H and O–H groups in total. The summed E-state index contributed by atoms with van der Waals surface area (Å²) in [5.74, 6) is -1.19. The normalized spacial score (nSPS) is 16.7. The molecule has 0 radical (unpaired) electrons. The summed E-state index contributed by atoms with van der Waals surface area (Å²) in [5, 5.41) is 14.0. The fourth-order valence-corrected chi connectivity index (χ4v) is 4.03. The van der Waals surface area contributed by atoms with Crippen molar-refractivity contribution in [1.82, 2.24) is 4.90 Å². The van der Waals surface area contributed by atoms with Gasteiger partial charge in [-0.05, 0) is 31.0 Å². The molecular weight excluding hydrogens is 410 g/mol. The first-order chi connectivity index (χ1) is 14.1. The molecule has 2 aromatic rings. The SMILES string of the molecule is CS(=O)(=O)c1cc(C(=O)N2CCCC(C(=O)Nc3ccccc3)C2)cc([N+](=O)[O-])c1. The highest BCUT2D eigenvalue weighted by Crippen LogP contribution is 2.25. The van der Waals surface area contributed by atoms with E-state index in [1.807, 2.05) is 6.07 Å². The van der Waals surface area contributed by atoms with Gasteiger partial charge in [0, 0.05) is 42.7 Å². The molecule has 9 nitrogen and oxygen atoms in total. The Labute approximate surface area is 173 Å². The lowest BCUT2D eigenvalue weighted by molar-refractivity contribution is -0.385. The van der Waals surface area contributed by atoms with Crippen molar-refractivity contribution in [3.8, 4) is 0 Å². The summed E-state index contributed by atoms with van der Waals surface area (Å²) in [6, 6.07) is 12.1. The molecule has 1 unspecified atom stereocenters. The second-order valence-electron chi connectivity index (χ2n) is 7.19. The van der Waals surface area contributed by atoms with Crippen molar-refractivity contribution < 1.29 is 22.9 Å². The van der Waals surface area contributed by atoms with Crippen LogP contribution in [0.15, 0.2) is 53.4 Å². The van der Waals surface area contributed by atoms with Crippen LogP contribution in [0.2, 0.25) is 0 Å². The van der Waals surface area contributed by atoms with Crippen molar-refractivity contribution in [3.63, 3.8) is 0 Å².